The highest BCUT2D eigenvalue weighted by atomic mass is 16.5. The lowest BCUT2D eigenvalue weighted by atomic mass is 10.1. The summed E-state index contributed by atoms with van der Waals surface area (Å²) in [6.07, 6.45) is 6.88. The van der Waals surface area contributed by atoms with Crippen molar-refractivity contribution in [2.75, 3.05) is 13.2 Å². The monoisotopic (exact) mass is 248 g/mol. The second-order valence-electron chi connectivity index (χ2n) is 5.02. The maximum absolute atomic E-state index is 5.70. The lowest BCUT2D eigenvalue weighted by Crippen LogP contribution is -2.20. The van der Waals surface area contributed by atoms with Crippen molar-refractivity contribution in [2.45, 2.75) is 45.6 Å². The van der Waals surface area contributed by atoms with E-state index in [0.29, 0.717) is 6.04 Å². The molecule has 1 fully saturated rings. The molecule has 3 heteroatoms. The first kappa shape index (κ1) is 13.3. The molecule has 1 aliphatic rings. The minimum Gasteiger partial charge on any atom is -0.492 e. The van der Waals surface area contributed by atoms with E-state index < -0.39 is 0 Å². The van der Waals surface area contributed by atoms with Crippen LogP contribution in [0.1, 0.15) is 51.3 Å². The summed E-state index contributed by atoms with van der Waals surface area (Å²) >= 11 is 0. The summed E-state index contributed by atoms with van der Waals surface area (Å²) in [5.74, 6) is 1.82. The highest BCUT2D eigenvalue weighted by Gasteiger charge is 2.20. The summed E-state index contributed by atoms with van der Waals surface area (Å²) < 4.78 is 5.70. The molecular weight excluding hydrogens is 224 g/mol. The molecule has 100 valence electrons. The zero-order valence-electron chi connectivity index (χ0n) is 11.5. The number of rotatable bonds is 8. The Morgan fingerprint density at radius 2 is 2.22 bits per heavy atom. The Hall–Kier alpha value is -1.09. The minimum atomic E-state index is 0.357. The maximum Gasteiger partial charge on any atom is 0.137 e. The van der Waals surface area contributed by atoms with Gasteiger partial charge in [0.05, 0.1) is 18.5 Å². The lowest BCUT2D eigenvalue weighted by molar-refractivity contribution is 0.301. The molecule has 0 aliphatic heterocycles. The molecule has 0 saturated heterocycles. The van der Waals surface area contributed by atoms with Crippen molar-refractivity contribution >= 4 is 0 Å². The second-order valence-corrected chi connectivity index (χ2v) is 5.02. The molecule has 0 aromatic carbocycles. The largest absolute Gasteiger partial charge is 0.492 e. The molecule has 1 saturated carbocycles. The van der Waals surface area contributed by atoms with E-state index in [1.807, 2.05) is 12.3 Å². The number of aromatic nitrogens is 1. The zero-order chi connectivity index (χ0) is 12.8. The first-order valence-corrected chi connectivity index (χ1v) is 7.15. The number of hydrogen-bond acceptors (Lipinski definition) is 3. The van der Waals surface area contributed by atoms with Crippen molar-refractivity contribution in [2.24, 2.45) is 5.92 Å². The Labute approximate surface area is 110 Å². The van der Waals surface area contributed by atoms with Gasteiger partial charge in [-0.3, -0.25) is 4.98 Å². The molecule has 2 rings (SSSR count). The number of ether oxygens (including phenoxy) is 1. The fourth-order valence-corrected chi connectivity index (χ4v) is 2.14. The number of nitrogens with one attached hydrogen (secondary N) is 1. The molecule has 1 aromatic heterocycles. The average molecular weight is 248 g/mol. The van der Waals surface area contributed by atoms with Crippen LogP contribution >= 0.6 is 0 Å². The Balaban J connectivity index is 1.82. The predicted octanol–water partition coefficient (Wildman–Crippen LogP) is 3.32. The van der Waals surface area contributed by atoms with Crippen LogP contribution in [0.4, 0.5) is 0 Å². The van der Waals surface area contributed by atoms with Crippen LogP contribution in [-0.2, 0) is 0 Å². The Morgan fingerprint density at radius 1 is 1.39 bits per heavy atom. The van der Waals surface area contributed by atoms with Gasteiger partial charge in [0.2, 0.25) is 0 Å². The zero-order valence-corrected chi connectivity index (χ0v) is 11.5. The third-order valence-corrected chi connectivity index (χ3v) is 3.47. The molecule has 1 N–H and O–H groups in total. The van der Waals surface area contributed by atoms with Gasteiger partial charge in [0.15, 0.2) is 0 Å². The van der Waals surface area contributed by atoms with E-state index in [2.05, 4.69) is 30.2 Å². The van der Waals surface area contributed by atoms with Crippen molar-refractivity contribution in [3.8, 4) is 5.75 Å². The molecule has 1 aliphatic carbocycles. The molecule has 0 spiro atoms. The van der Waals surface area contributed by atoms with Crippen molar-refractivity contribution in [1.29, 1.82) is 0 Å². The van der Waals surface area contributed by atoms with Gasteiger partial charge in [-0.25, -0.2) is 0 Å². The number of hydrogen-bond donors (Lipinski definition) is 1. The molecule has 3 nitrogen and oxygen atoms in total. The summed E-state index contributed by atoms with van der Waals surface area (Å²) in [4.78, 5) is 4.49. The van der Waals surface area contributed by atoms with Gasteiger partial charge in [0.25, 0.3) is 0 Å². The topological polar surface area (TPSA) is 34.1 Å². The Morgan fingerprint density at radius 3 is 2.78 bits per heavy atom. The van der Waals surface area contributed by atoms with Crippen molar-refractivity contribution in [3.63, 3.8) is 0 Å². The van der Waals surface area contributed by atoms with Crippen LogP contribution in [0.25, 0.3) is 0 Å². The van der Waals surface area contributed by atoms with E-state index in [9.17, 15) is 0 Å². The number of pyridine rings is 1. The smallest absolute Gasteiger partial charge is 0.137 e. The molecule has 0 bridgehead atoms. The van der Waals surface area contributed by atoms with E-state index in [4.69, 9.17) is 4.74 Å². The third kappa shape index (κ3) is 3.98. The first-order chi connectivity index (χ1) is 8.83. The van der Waals surface area contributed by atoms with E-state index >= 15 is 0 Å². The Bertz CT molecular complexity index is 346. The summed E-state index contributed by atoms with van der Waals surface area (Å²) in [7, 11) is 0. The van der Waals surface area contributed by atoms with E-state index in [1.54, 1.807) is 0 Å². The quantitative estimate of drug-likeness (QED) is 0.766. The standard InChI is InChI=1S/C15H24N2O/c1-3-14(16-4-2)15-8-7-13(11-17-15)18-10-9-12-5-6-12/h7-8,11-12,14,16H,3-6,9-10H2,1-2H3. The average Bonchev–Trinajstić information content (AvgIpc) is 3.21. The van der Waals surface area contributed by atoms with E-state index in [-0.39, 0.29) is 0 Å². The molecule has 0 amide bonds. The number of nitrogens with zero attached hydrogens (tertiary/aromatic N) is 1. The highest BCUT2D eigenvalue weighted by molar-refractivity contribution is 5.21. The van der Waals surface area contributed by atoms with Crippen molar-refractivity contribution in [1.82, 2.24) is 10.3 Å². The van der Waals surface area contributed by atoms with Gasteiger partial charge in [-0.1, -0.05) is 26.7 Å². The maximum atomic E-state index is 5.70. The first-order valence-electron chi connectivity index (χ1n) is 7.15. The summed E-state index contributed by atoms with van der Waals surface area (Å²) in [5, 5.41) is 3.43. The van der Waals surface area contributed by atoms with Crippen LogP contribution in [0.15, 0.2) is 18.3 Å². The van der Waals surface area contributed by atoms with Crippen LogP contribution in [0.5, 0.6) is 5.75 Å². The van der Waals surface area contributed by atoms with Crippen LogP contribution in [0.3, 0.4) is 0 Å². The summed E-state index contributed by atoms with van der Waals surface area (Å²) in [5.41, 5.74) is 1.11. The third-order valence-electron chi connectivity index (χ3n) is 3.47. The SMILES string of the molecule is CCNC(CC)c1ccc(OCCC2CC2)cn1. The van der Waals surface area contributed by atoms with E-state index in [1.165, 1.54) is 19.3 Å². The molecule has 18 heavy (non-hydrogen) atoms. The van der Waals surface area contributed by atoms with Crippen molar-refractivity contribution < 1.29 is 4.74 Å². The summed E-state index contributed by atoms with van der Waals surface area (Å²) in [6.45, 7) is 6.10. The predicted molar refractivity (Wildman–Crippen MR) is 73.8 cm³/mol. The van der Waals surface area contributed by atoms with E-state index in [0.717, 1.165) is 36.9 Å². The van der Waals surface area contributed by atoms with Crippen LogP contribution in [-0.4, -0.2) is 18.1 Å². The minimum absolute atomic E-state index is 0.357. The molecular formula is C15H24N2O. The van der Waals surface area contributed by atoms with Gasteiger partial charge in [0, 0.05) is 6.04 Å². The highest BCUT2D eigenvalue weighted by Crippen LogP contribution is 2.32. The molecule has 1 heterocycles. The van der Waals surface area contributed by atoms with Gasteiger partial charge in [-0.15, -0.1) is 0 Å². The Kier molecular flexibility index (Phi) is 5.00. The van der Waals surface area contributed by atoms with Gasteiger partial charge < -0.3 is 10.1 Å². The van der Waals surface area contributed by atoms with Gasteiger partial charge >= 0.3 is 0 Å². The molecule has 1 unspecified atom stereocenters. The lowest BCUT2D eigenvalue weighted by Gasteiger charge is -2.15. The van der Waals surface area contributed by atoms with Gasteiger partial charge in [-0.2, -0.15) is 0 Å². The van der Waals surface area contributed by atoms with Crippen LogP contribution in [0, 0.1) is 5.92 Å². The normalized spacial score (nSPS) is 16.6. The summed E-state index contributed by atoms with van der Waals surface area (Å²) in [6, 6.07) is 4.47. The molecule has 1 aromatic rings. The fraction of sp³-hybridized carbons (Fsp3) is 0.667. The van der Waals surface area contributed by atoms with Crippen molar-refractivity contribution in [3.05, 3.63) is 24.0 Å². The second kappa shape index (κ2) is 6.74. The van der Waals surface area contributed by atoms with Gasteiger partial charge in [-0.05, 0) is 37.4 Å². The van der Waals surface area contributed by atoms with Crippen LogP contribution in [0.2, 0.25) is 0 Å². The fourth-order valence-electron chi connectivity index (χ4n) is 2.14. The van der Waals surface area contributed by atoms with Crippen LogP contribution < -0.4 is 10.1 Å². The van der Waals surface area contributed by atoms with Gasteiger partial charge in [0.1, 0.15) is 5.75 Å². The molecule has 1 atom stereocenters. The molecule has 0 radical (unpaired) electrons.